The molecule has 18 heavy (non-hydrogen) atoms. The number of hydrogen-bond acceptors (Lipinski definition) is 3. The van der Waals surface area contributed by atoms with Gasteiger partial charge in [-0.25, -0.2) is 4.68 Å². The summed E-state index contributed by atoms with van der Waals surface area (Å²) < 4.78 is 1.67. The highest BCUT2D eigenvalue weighted by Crippen LogP contribution is 2.31. The largest absolute Gasteiger partial charge is 0.324 e. The van der Waals surface area contributed by atoms with Crippen molar-refractivity contribution in [2.24, 2.45) is 5.73 Å². The van der Waals surface area contributed by atoms with Crippen molar-refractivity contribution in [2.45, 2.75) is 13.0 Å². The Kier molecular flexibility index (Phi) is 2.39. The molecule has 0 saturated heterocycles. The second-order valence-corrected chi connectivity index (χ2v) is 4.65. The van der Waals surface area contributed by atoms with E-state index in [1.165, 1.54) is 0 Å². The summed E-state index contributed by atoms with van der Waals surface area (Å²) in [6, 6.07) is 4.94. The van der Waals surface area contributed by atoms with Gasteiger partial charge in [0.1, 0.15) is 6.04 Å². The maximum Gasteiger partial charge on any atom is 0.245 e. The third kappa shape index (κ3) is 1.60. The number of carbonyl (C=O) groups excluding carboxylic acids is 1. The van der Waals surface area contributed by atoms with Crippen LogP contribution in [0.25, 0.3) is 5.69 Å². The van der Waals surface area contributed by atoms with E-state index in [0.29, 0.717) is 5.02 Å². The standard InChI is InChI=1S/C12H11ClN4O/c1-6-9(13)5-17(16-6)7-2-3-8-10(4-7)15-12(18)11(8)14/h2-5,11H,14H2,1H3,(H,15,18). The van der Waals surface area contributed by atoms with Crippen LogP contribution in [0.4, 0.5) is 5.69 Å². The van der Waals surface area contributed by atoms with Gasteiger partial charge in [0.2, 0.25) is 5.91 Å². The molecule has 1 aromatic carbocycles. The van der Waals surface area contributed by atoms with Crippen LogP contribution < -0.4 is 11.1 Å². The molecular formula is C12H11ClN4O. The summed E-state index contributed by atoms with van der Waals surface area (Å²) >= 11 is 5.97. The van der Waals surface area contributed by atoms with Crippen LogP contribution in [0, 0.1) is 6.92 Å². The van der Waals surface area contributed by atoms with Crippen LogP contribution in [-0.4, -0.2) is 15.7 Å². The number of fused-ring (bicyclic) bond motifs is 1. The Labute approximate surface area is 109 Å². The zero-order valence-electron chi connectivity index (χ0n) is 9.64. The molecule has 2 aromatic rings. The van der Waals surface area contributed by atoms with Gasteiger partial charge in [-0.15, -0.1) is 0 Å². The van der Waals surface area contributed by atoms with E-state index in [4.69, 9.17) is 17.3 Å². The lowest BCUT2D eigenvalue weighted by Crippen LogP contribution is -2.19. The van der Waals surface area contributed by atoms with Crippen LogP contribution in [0.5, 0.6) is 0 Å². The van der Waals surface area contributed by atoms with Crippen molar-refractivity contribution in [3.05, 3.63) is 40.7 Å². The molecule has 3 rings (SSSR count). The van der Waals surface area contributed by atoms with Gasteiger partial charge in [-0.3, -0.25) is 4.79 Å². The van der Waals surface area contributed by atoms with E-state index in [0.717, 1.165) is 22.6 Å². The average molecular weight is 263 g/mol. The predicted octanol–water partition coefficient (Wildman–Crippen LogP) is 1.79. The zero-order chi connectivity index (χ0) is 12.9. The normalized spacial score (nSPS) is 17.7. The zero-order valence-corrected chi connectivity index (χ0v) is 10.4. The molecule has 1 unspecified atom stereocenters. The van der Waals surface area contributed by atoms with Crippen LogP contribution in [0.1, 0.15) is 17.3 Å². The quantitative estimate of drug-likeness (QED) is 0.823. The molecular weight excluding hydrogens is 252 g/mol. The number of halogens is 1. The van der Waals surface area contributed by atoms with Gasteiger partial charge < -0.3 is 11.1 Å². The van der Waals surface area contributed by atoms with E-state index in [1.807, 2.05) is 25.1 Å². The molecule has 1 aromatic heterocycles. The van der Waals surface area contributed by atoms with Crippen LogP contribution in [0.15, 0.2) is 24.4 Å². The van der Waals surface area contributed by atoms with Crippen LogP contribution in [0.2, 0.25) is 5.02 Å². The van der Waals surface area contributed by atoms with Gasteiger partial charge in [-0.1, -0.05) is 17.7 Å². The van der Waals surface area contributed by atoms with E-state index in [1.54, 1.807) is 10.9 Å². The topological polar surface area (TPSA) is 72.9 Å². The lowest BCUT2D eigenvalue weighted by Gasteiger charge is -2.05. The highest BCUT2D eigenvalue weighted by Gasteiger charge is 2.27. The van der Waals surface area contributed by atoms with E-state index < -0.39 is 6.04 Å². The van der Waals surface area contributed by atoms with Crippen LogP contribution in [-0.2, 0) is 4.79 Å². The number of aromatic nitrogens is 2. The van der Waals surface area contributed by atoms with E-state index in [-0.39, 0.29) is 5.91 Å². The first kappa shape index (κ1) is 11.3. The van der Waals surface area contributed by atoms with Gasteiger partial charge in [-0.2, -0.15) is 5.10 Å². The average Bonchev–Trinajstić information content (AvgIpc) is 2.81. The Balaban J connectivity index is 2.06. The summed E-state index contributed by atoms with van der Waals surface area (Å²) in [6.45, 7) is 1.84. The molecule has 92 valence electrons. The Morgan fingerprint density at radius 1 is 1.50 bits per heavy atom. The smallest absolute Gasteiger partial charge is 0.245 e. The molecule has 0 bridgehead atoms. The fraction of sp³-hybridized carbons (Fsp3) is 0.167. The molecule has 1 atom stereocenters. The van der Waals surface area contributed by atoms with Crippen molar-refractivity contribution >= 4 is 23.2 Å². The number of rotatable bonds is 1. The van der Waals surface area contributed by atoms with Gasteiger partial charge >= 0.3 is 0 Å². The highest BCUT2D eigenvalue weighted by molar-refractivity contribution is 6.31. The molecule has 5 nitrogen and oxygen atoms in total. The highest BCUT2D eigenvalue weighted by atomic mass is 35.5. The van der Waals surface area contributed by atoms with E-state index in [9.17, 15) is 4.79 Å². The number of carbonyl (C=O) groups is 1. The summed E-state index contributed by atoms with van der Waals surface area (Å²) in [5.74, 6) is -0.183. The van der Waals surface area contributed by atoms with Gasteiger partial charge in [0.15, 0.2) is 0 Å². The van der Waals surface area contributed by atoms with Crippen LogP contribution in [0.3, 0.4) is 0 Å². The lowest BCUT2D eigenvalue weighted by atomic mass is 10.1. The molecule has 1 aliphatic rings. The van der Waals surface area contributed by atoms with Crippen molar-refractivity contribution in [1.29, 1.82) is 0 Å². The Morgan fingerprint density at radius 2 is 2.28 bits per heavy atom. The number of amides is 1. The monoisotopic (exact) mass is 262 g/mol. The summed E-state index contributed by atoms with van der Waals surface area (Å²) in [5, 5.41) is 7.63. The van der Waals surface area contributed by atoms with Crippen molar-refractivity contribution in [3.8, 4) is 5.69 Å². The predicted molar refractivity (Wildman–Crippen MR) is 68.9 cm³/mol. The minimum Gasteiger partial charge on any atom is -0.324 e. The third-order valence-corrected chi connectivity index (χ3v) is 3.39. The van der Waals surface area contributed by atoms with E-state index in [2.05, 4.69) is 10.4 Å². The first-order valence-electron chi connectivity index (χ1n) is 5.49. The van der Waals surface area contributed by atoms with Gasteiger partial charge in [0.05, 0.1) is 16.4 Å². The molecule has 0 saturated carbocycles. The second-order valence-electron chi connectivity index (χ2n) is 4.25. The molecule has 1 aliphatic heterocycles. The Morgan fingerprint density at radius 3 is 2.94 bits per heavy atom. The summed E-state index contributed by atoms with van der Waals surface area (Å²) in [7, 11) is 0. The van der Waals surface area contributed by atoms with Gasteiger partial charge in [-0.05, 0) is 19.1 Å². The van der Waals surface area contributed by atoms with Gasteiger partial charge in [0, 0.05) is 17.4 Å². The molecule has 0 spiro atoms. The number of benzene rings is 1. The fourth-order valence-corrected chi connectivity index (χ4v) is 2.12. The number of nitrogens with two attached hydrogens (primary N) is 1. The minimum atomic E-state index is -0.586. The lowest BCUT2D eigenvalue weighted by molar-refractivity contribution is -0.116. The fourth-order valence-electron chi connectivity index (χ4n) is 1.99. The first-order valence-corrected chi connectivity index (χ1v) is 5.86. The minimum absolute atomic E-state index is 0.183. The van der Waals surface area contributed by atoms with Crippen molar-refractivity contribution in [2.75, 3.05) is 5.32 Å². The Bertz CT molecular complexity index is 630. The summed E-state index contributed by atoms with van der Waals surface area (Å²) in [6.07, 6.45) is 1.73. The first-order chi connectivity index (χ1) is 8.56. The maximum absolute atomic E-state index is 11.5. The number of aryl methyl sites for hydroxylation is 1. The Hall–Kier alpha value is -1.85. The molecule has 3 N–H and O–H groups in total. The summed E-state index contributed by atoms with van der Waals surface area (Å²) in [4.78, 5) is 11.5. The maximum atomic E-state index is 11.5. The third-order valence-electron chi connectivity index (χ3n) is 3.02. The SMILES string of the molecule is Cc1nn(-c2ccc3c(c2)NC(=O)C3N)cc1Cl. The molecule has 6 heteroatoms. The molecule has 0 radical (unpaired) electrons. The van der Waals surface area contributed by atoms with Crippen molar-refractivity contribution < 1.29 is 4.79 Å². The number of nitrogens with zero attached hydrogens (tertiary/aromatic N) is 2. The van der Waals surface area contributed by atoms with Crippen molar-refractivity contribution in [1.82, 2.24) is 9.78 Å². The second kappa shape index (κ2) is 3.83. The molecule has 0 fully saturated rings. The van der Waals surface area contributed by atoms with Gasteiger partial charge in [0.25, 0.3) is 0 Å². The molecule has 0 aliphatic carbocycles. The number of anilines is 1. The van der Waals surface area contributed by atoms with E-state index >= 15 is 0 Å². The summed E-state index contributed by atoms with van der Waals surface area (Å²) in [5.41, 5.74) is 8.88. The molecule has 2 heterocycles. The molecule has 1 amide bonds. The number of hydrogen-bond donors (Lipinski definition) is 2. The van der Waals surface area contributed by atoms with Crippen molar-refractivity contribution in [3.63, 3.8) is 0 Å². The van der Waals surface area contributed by atoms with Crippen LogP contribution >= 0.6 is 11.6 Å². The number of nitrogens with one attached hydrogen (secondary N) is 1.